The third kappa shape index (κ3) is 5.20. The monoisotopic (exact) mass is 386 g/mol. The fraction of sp³-hybridized carbons (Fsp3) is 0.500. The van der Waals surface area contributed by atoms with Crippen LogP contribution in [0.4, 0.5) is 0 Å². The van der Waals surface area contributed by atoms with Gasteiger partial charge < -0.3 is 10.4 Å². The van der Waals surface area contributed by atoms with E-state index in [2.05, 4.69) is 10.0 Å². The third-order valence-corrected chi connectivity index (χ3v) is 6.32. The van der Waals surface area contributed by atoms with E-state index in [0.29, 0.717) is 25.0 Å². The van der Waals surface area contributed by atoms with Crippen molar-refractivity contribution < 1.29 is 23.1 Å². The number of benzene rings is 1. The van der Waals surface area contributed by atoms with E-state index in [-0.39, 0.29) is 11.4 Å². The van der Waals surface area contributed by atoms with Crippen molar-refractivity contribution in [3.05, 3.63) is 30.3 Å². The Morgan fingerprint density at radius 3 is 2.44 bits per heavy atom. The van der Waals surface area contributed by atoms with E-state index in [9.17, 15) is 18.0 Å². The van der Waals surface area contributed by atoms with E-state index in [1.54, 1.807) is 18.2 Å². The van der Waals surface area contributed by atoms with Gasteiger partial charge in [-0.2, -0.15) is 16.5 Å². The van der Waals surface area contributed by atoms with Crippen molar-refractivity contribution >= 4 is 33.7 Å². The summed E-state index contributed by atoms with van der Waals surface area (Å²) in [6.07, 6.45) is 3.23. The van der Waals surface area contributed by atoms with Gasteiger partial charge in [-0.3, -0.25) is 9.59 Å². The normalized spacial score (nSPS) is 16.8. The lowest BCUT2D eigenvalue weighted by atomic mass is 10.1. The summed E-state index contributed by atoms with van der Waals surface area (Å²) in [4.78, 5) is 23.7. The molecule has 0 heterocycles. The summed E-state index contributed by atoms with van der Waals surface area (Å²) < 4.78 is 27.3. The van der Waals surface area contributed by atoms with Crippen LogP contribution in [0.3, 0.4) is 0 Å². The molecule has 1 fully saturated rings. The summed E-state index contributed by atoms with van der Waals surface area (Å²) in [6, 6.07) is 6.88. The number of aliphatic carboxylic acids is 1. The van der Waals surface area contributed by atoms with E-state index in [0.717, 1.165) is 0 Å². The number of hydrogen-bond donors (Lipinski definition) is 3. The fourth-order valence-electron chi connectivity index (χ4n) is 2.33. The second-order valence-electron chi connectivity index (χ2n) is 6.07. The van der Waals surface area contributed by atoms with Gasteiger partial charge in [0, 0.05) is 6.54 Å². The lowest BCUT2D eigenvalue weighted by Gasteiger charge is -2.19. The van der Waals surface area contributed by atoms with Gasteiger partial charge in [-0.25, -0.2) is 8.42 Å². The molecule has 0 bridgehead atoms. The highest BCUT2D eigenvalue weighted by Crippen LogP contribution is 2.45. The Balaban J connectivity index is 2.05. The Kier molecular flexibility index (Phi) is 6.47. The van der Waals surface area contributed by atoms with Crippen LogP contribution in [0.25, 0.3) is 0 Å². The number of carboxylic acid groups (broad SMARTS) is 1. The van der Waals surface area contributed by atoms with Gasteiger partial charge in [0.1, 0.15) is 6.04 Å². The quantitative estimate of drug-likeness (QED) is 0.554. The standard InChI is InChI=1S/C16H22N2O5S2/c1-24-10-7-13(14(19)17-11-16(8-9-16)15(20)21)18-25(22,23)12-5-3-2-4-6-12/h2-6,13,18H,7-11H2,1H3,(H,17,19)(H,20,21). The van der Waals surface area contributed by atoms with Gasteiger partial charge in [0.25, 0.3) is 0 Å². The van der Waals surface area contributed by atoms with Crippen molar-refractivity contribution in [2.24, 2.45) is 5.41 Å². The number of carbonyl (C=O) groups is 2. The molecule has 138 valence electrons. The highest BCUT2D eigenvalue weighted by molar-refractivity contribution is 7.98. The van der Waals surface area contributed by atoms with Gasteiger partial charge in [-0.05, 0) is 43.4 Å². The summed E-state index contributed by atoms with van der Waals surface area (Å²) in [5.74, 6) is -0.834. The maximum atomic E-state index is 12.4. The summed E-state index contributed by atoms with van der Waals surface area (Å²) in [6.45, 7) is 0.0179. The van der Waals surface area contributed by atoms with Crippen LogP contribution in [0.15, 0.2) is 35.2 Å². The number of nitrogens with one attached hydrogen (secondary N) is 2. The molecule has 1 saturated carbocycles. The van der Waals surface area contributed by atoms with E-state index < -0.39 is 33.4 Å². The largest absolute Gasteiger partial charge is 0.481 e. The topological polar surface area (TPSA) is 113 Å². The van der Waals surface area contributed by atoms with Gasteiger partial charge in [-0.1, -0.05) is 18.2 Å². The van der Waals surface area contributed by atoms with Crippen LogP contribution < -0.4 is 10.0 Å². The van der Waals surface area contributed by atoms with Gasteiger partial charge in [0.15, 0.2) is 0 Å². The molecule has 9 heteroatoms. The Bertz CT molecular complexity index is 717. The molecular weight excluding hydrogens is 364 g/mol. The highest BCUT2D eigenvalue weighted by atomic mass is 32.2. The lowest BCUT2D eigenvalue weighted by Crippen LogP contribution is -2.48. The van der Waals surface area contributed by atoms with Crippen molar-refractivity contribution in [1.29, 1.82) is 0 Å². The lowest BCUT2D eigenvalue weighted by molar-refractivity contribution is -0.143. The second kappa shape index (κ2) is 8.20. The van der Waals surface area contributed by atoms with E-state index >= 15 is 0 Å². The maximum Gasteiger partial charge on any atom is 0.311 e. The SMILES string of the molecule is CSCCC(NS(=O)(=O)c1ccccc1)C(=O)NCC1(C(=O)O)CC1. The summed E-state index contributed by atoms with van der Waals surface area (Å²) >= 11 is 1.50. The number of rotatable bonds is 10. The summed E-state index contributed by atoms with van der Waals surface area (Å²) in [7, 11) is -3.83. The van der Waals surface area contributed by atoms with Crippen molar-refractivity contribution in [3.8, 4) is 0 Å². The van der Waals surface area contributed by atoms with E-state index in [1.165, 1.54) is 23.9 Å². The molecule has 0 aromatic heterocycles. The van der Waals surface area contributed by atoms with Crippen LogP contribution in [-0.4, -0.2) is 50.0 Å². The minimum Gasteiger partial charge on any atom is -0.481 e. The van der Waals surface area contributed by atoms with Gasteiger partial charge in [0.2, 0.25) is 15.9 Å². The van der Waals surface area contributed by atoms with Gasteiger partial charge in [-0.15, -0.1) is 0 Å². The minimum absolute atomic E-state index is 0.0179. The first-order chi connectivity index (χ1) is 11.8. The molecule has 1 aliphatic rings. The number of sulfonamides is 1. The van der Waals surface area contributed by atoms with E-state index in [1.807, 2.05) is 6.26 Å². The zero-order valence-corrected chi connectivity index (χ0v) is 15.5. The van der Waals surface area contributed by atoms with Crippen molar-refractivity contribution in [2.45, 2.75) is 30.2 Å². The van der Waals surface area contributed by atoms with Crippen LogP contribution in [-0.2, 0) is 19.6 Å². The molecule has 0 aliphatic heterocycles. The number of carboxylic acids is 1. The first-order valence-electron chi connectivity index (χ1n) is 7.88. The Morgan fingerprint density at radius 2 is 1.92 bits per heavy atom. The molecule has 0 radical (unpaired) electrons. The highest BCUT2D eigenvalue weighted by Gasteiger charge is 2.50. The predicted molar refractivity (Wildman–Crippen MR) is 95.9 cm³/mol. The Labute approximate surface area is 151 Å². The average molecular weight is 386 g/mol. The molecule has 2 rings (SSSR count). The molecule has 3 N–H and O–H groups in total. The number of amides is 1. The first-order valence-corrected chi connectivity index (χ1v) is 10.8. The van der Waals surface area contributed by atoms with Crippen molar-refractivity contribution in [1.82, 2.24) is 10.0 Å². The molecule has 7 nitrogen and oxygen atoms in total. The number of hydrogen-bond acceptors (Lipinski definition) is 5. The zero-order chi connectivity index (χ0) is 18.5. The van der Waals surface area contributed by atoms with Gasteiger partial charge in [0.05, 0.1) is 10.3 Å². The van der Waals surface area contributed by atoms with Gasteiger partial charge >= 0.3 is 5.97 Å². The van der Waals surface area contributed by atoms with Crippen LogP contribution in [0.1, 0.15) is 19.3 Å². The molecule has 0 saturated heterocycles. The molecular formula is C16H22N2O5S2. The third-order valence-electron chi connectivity index (χ3n) is 4.19. The molecule has 1 aromatic rings. The Morgan fingerprint density at radius 1 is 1.28 bits per heavy atom. The Hall–Kier alpha value is -1.58. The molecule has 1 aliphatic carbocycles. The van der Waals surface area contributed by atoms with Crippen LogP contribution in [0.5, 0.6) is 0 Å². The predicted octanol–water partition coefficient (Wildman–Crippen LogP) is 1.07. The second-order valence-corrected chi connectivity index (χ2v) is 8.77. The van der Waals surface area contributed by atoms with Crippen molar-refractivity contribution in [3.63, 3.8) is 0 Å². The fourth-order valence-corrected chi connectivity index (χ4v) is 4.05. The molecule has 1 unspecified atom stereocenters. The van der Waals surface area contributed by atoms with Crippen LogP contribution in [0.2, 0.25) is 0 Å². The van der Waals surface area contributed by atoms with Crippen LogP contribution >= 0.6 is 11.8 Å². The van der Waals surface area contributed by atoms with Crippen LogP contribution in [0, 0.1) is 5.41 Å². The first kappa shape index (κ1) is 19.7. The smallest absolute Gasteiger partial charge is 0.311 e. The van der Waals surface area contributed by atoms with Crippen molar-refractivity contribution in [2.75, 3.05) is 18.6 Å². The summed E-state index contributed by atoms with van der Waals surface area (Å²) in [5.41, 5.74) is -0.891. The molecule has 25 heavy (non-hydrogen) atoms. The average Bonchev–Trinajstić information content (AvgIpc) is 3.38. The molecule has 0 spiro atoms. The number of carbonyl (C=O) groups excluding carboxylic acids is 1. The maximum absolute atomic E-state index is 12.4. The number of thioether (sulfide) groups is 1. The molecule has 1 amide bonds. The molecule has 1 aromatic carbocycles. The zero-order valence-electron chi connectivity index (χ0n) is 13.9. The summed E-state index contributed by atoms with van der Waals surface area (Å²) in [5, 5.41) is 11.8. The molecule has 1 atom stereocenters. The minimum atomic E-state index is -3.83. The van der Waals surface area contributed by atoms with E-state index in [4.69, 9.17) is 5.11 Å².